The predicted molar refractivity (Wildman–Crippen MR) is 132 cm³/mol. The maximum Gasteiger partial charge on any atom is 0.416 e. The molecule has 186 valence electrons. The number of piperazine rings is 1. The van der Waals surface area contributed by atoms with Crippen LogP contribution in [0.1, 0.15) is 18.1 Å². The summed E-state index contributed by atoms with van der Waals surface area (Å²) in [5, 5.41) is 3.47. The molecule has 36 heavy (non-hydrogen) atoms. The van der Waals surface area contributed by atoms with Crippen molar-refractivity contribution in [3.05, 3.63) is 82.9 Å². The lowest BCUT2D eigenvalue weighted by atomic mass is 10.1. The number of halogens is 4. The van der Waals surface area contributed by atoms with Crippen molar-refractivity contribution >= 4 is 34.8 Å². The van der Waals surface area contributed by atoms with Crippen molar-refractivity contribution in [2.75, 3.05) is 25.0 Å². The Morgan fingerprint density at radius 3 is 2.53 bits per heavy atom. The van der Waals surface area contributed by atoms with E-state index in [0.29, 0.717) is 53.2 Å². The highest BCUT2D eigenvalue weighted by Crippen LogP contribution is 2.42. The zero-order chi connectivity index (χ0) is 25.4. The number of anilines is 1. The van der Waals surface area contributed by atoms with Crippen LogP contribution in [-0.2, 0) is 6.18 Å². The molecule has 1 N–H and O–H groups in total. The SMILES string of the molecule is C[C@@H]1CN(C2=Nc3ccc(C(F)(F)F)cc3Oc3ccccc32)CCN1C(=O)Nc1ccc(Cl)cc1. The Balaban J connectivity index is 1.40. The first-order valence-electron chi connectivity index (χ1n) is 11.3. The summed E-state index contributed by atoms with van der Waals surface area (Å²) in [5.74, 6) is 1.06. The van der Waals surface area contributed by atoms with Crippen LogP contribution in [0.5, 0.6) is 11.5 Å². The Morgan fingerprint density at radius 1 is 1.06 bits per heavy atom. The largest absolute Gasteiger partial charge is 0.454 e. The van der Waals surface area contributed by atoms with Crippen molar-refractivity contribution in [1.82, 2.24) is 9.80 Å². The number of nitrogens with one attached hydrogen (secondary N) is 1. The number of rotatable bonds is 1. The number of para-hydroxylation sites is 1. The van der Waals surface area contributed by atoms with Crippen LogP contribution in [0.15, 0.2) is 71.7 Å². The van der Waals surface area contributed by atoms with E-state index in [9.17, 15) is 18.0 Å². The highest BCUT2D eigenvalue weighted by atomic mass is 35.5. The van der Waals surface area contributed by atoms with E-state index in [1.165, 1.54) is 6.07 Å². The molecule has 2 aliphatic heterocycles. The number of hydrogen-bond donors (Lipinski definition) is 1. The number of urea groups is 1. The molecule has 2 amide bonds. The quantitative estimate of drug-likeness (QED) is 0.389. The van der Waals surface area contributed by atoms with Crippen LogP contribution < -0.4 is 10.1 Å². The summed E-state index contributed by atoms with van der Waals surface area (Å²) in [4.78, 5) is 21.4. The van der Waals surface area contributed by atoms with E-state index in [0.717, 1.165) is 12.1 Å². The second-order valence-corrected chi connectivity index (χ2v) is 9.08. The van der Waals surface area contributed by atoms with Crippen molar-refractivity contribution in [3.63, 3.8) is 0 Å². The Bertz CT molecular complexity index is 1330. The molecule has 0 aromatic heterocycles. The number of hydrogen-bond acceptors (Lipinski definition) is 4. The molecule has 2 aliphatic rings. The van der Waals surface area contributed by atoms with Gasteiger partial charge in [-0.2, -0.15) is 13.2 Å². The van der Waals surface area contributed by atoms with E-state index in [1.807, 2.05) is 24.0 Å². The van der Waals surface area contributed by atoms with Gasteiger partial charge in [0.2, 0.25) is 0 Å². The van der Waals surface area contributed by atoms with E-state index < -0.39 is 11.7 Å². The first kappa shape index (κ1) is 24.0. The number of amidine groups is 1. The van der Waals surface area contributed by atoms with E-state index in [4.69, 9.17) is 21.3 Å². The molecule has 0 spiro atoms. The summed E-state index contributed by atoms with van der Waals surface area (Å²) < 4.78 is 45.7. The van der Waals surface area contributed by atoms with Crippen LogP contribution in [0.3, 0.4) is 0 Å². The fourth-order valence-electron chi connectivity index (χ4n) is 4.32. The number of ether oxygens (including phenoxy) is 1. The van der Waals surface area contributed by atoms with Gasteiger partial charge in [0, 0.05) is 36.4 Å². The van der Waals surface area contributed by atoms with Gasteiger partial charge in [0.25, 0.3) is 0 Å². The van der Waals surface area contributed by atoms with Crippen LogP contribution in [0.2, 0.25) is 5.02 Å². The summed E-state index contributed by atoms with van der Waals surface area (Å²) in [6, 6.07) is 16.9. The normalized spacial score (nSPS) is 17.4. The lowest BCUT2D eigenvalue weighted by Gasteiger charge is -2.41. The fraction of sp³-hybridized carbons (Fsp3) is 0.231. The van der Waals surface area contributed by atoms with Crippen molar-refractivity contribution < 1.29 is 22.7 Å². The molecule has 5 rings (SSSR count). The summed E-state index contributed by atoms with van der Waals surface area (Å²) in [5.41, 5.74) is 0.831. The Kier molecular flexibility index (Phi) is 6.26. The van der Waals surface area contributed by atoms with E-state index in [1.54, 1.807) is 41.3 Å². The van der Waals surface area contributed by atoms with Crippen LogP contribution in [0.4, 0.5) is 29.3 Å². The molecule has 0 bridgehead atoms. The predicted octanol–water partition coefficient (Wildman–Crippen LogP) is 6.78. The van der Waals surface area contributed by atoms with Crippen molar-refractivity contribution in [1.29, 1.82) is 0 Å². The Hall–Kier alpha value is -3.72. The van der Waals surface area contributed by atoms with Gasteiger partial charge < -0.3 is 19.9 Å². The third kappa shape index (κ3) is 4.83. The Labute approximate surface area is 210 Å². The average Bonchev–Trinajstić information content (AvgIpc) is 3.01. The van der Waals surface area contributed by atoms with Crippen LogP contribution >= 0.6 is 11.6 Å². The standard InChI is InChI=1S/C26H22ClF3N4O2/c1-16-15-33(12-13-34(16)25(35)31-19-9-7-18(27)8-10-19)24-20-4-2-3-5-22(20)36-23-14-17(26(28,29)30)6-11-21(23)32-24/h2-11,14,16H,12-13,15H2,1H3,(H,31,35)/t16-/m1/s1. The van der Waals surface area contributed by atoms with E-state index >= 15 is 0 Å². The van der Waals surface area contributed by atoms with Crippen LogP contribution in [0.25, 0.3) is 0 Å². The topological polar surface area (TPSA) is 57.2 Å². The van der Waals surface area contributed by atoms with Gasteiger partial charge in [-0.1, -0.05) is 23.7 Å². The number of fused-ring (bicyclic) bond motifs is 2. The number of benzene rings is 3. The highest BCUT2D eigenvalue weighted by Gasteiger charge is 2.34. The monoisotopic (exact) mass is 514 g/mol. The molecule has 3 aromatic rings. The average molecular weight is 515 g/mol. The summed E-state index contributed by atoms with van der Waals surface area (Å²) in [6.45, 7) is 3.35. The van der Waals surface area contributed by atoms with Gasteiger partial charge in [0.15, 0.2) is 5.75 Å². The van der Waals surface area contributed by atoms with Crippen molar-refractivity contribution in [2.45, 2.75) is 19.1 Å². The van der Waals surface area contributed by atoms with Gasteiger partial charge in [-0.05, 0) is 61.5 Å². The lowest BCUT2D eigenvalue weighted by molar-refractivity contribution is -0.137. The van der Waals surface area contributed by atoms with Gasteiger partial charge in [-0.15, -0.1) is 0 Å². The third-order valence-corrected chi connectivity index (χ3v) is 6.40. The third-order valence-electron chi connectivity index (χ3n) is 6.14. The second kappa shape index (κ2) is 9.39. The van der Waals surface area contributed by atoms with Crippen LogP contribution in [0, 0.1) is 0 Å². The smallest absolute Gasteiger partial charge is 0.416 e. The number of amides is 2. The number of carbonyl (C=O) groups is 1. The van der Waals surface area contributed by atoms with Crippen LogP contribution in [-0.4, -0.2) is 47.3 Å². The van der Waals surface area contributed by atoms with Gasteiger partial charge in [0.05, 0.1) is 11.1 Å². The maximum atomic E-state index is 13.3. The van der Waals surface area contributed by atoms with E-state index in [-0.39, 0.29) is 17.8 Å². The molecule has 10 heteroatoms. The second-order valence-electron chi connectivity index (χ2n) is 8.64. The number of aliphatic imine (C=N–C) groups is 1. The molecule has 2 heterocycles. The van der Waals surface area contributed by atoms with Gasteiger partial charge in [-0.25, -0.2) is 9.79 Å². The molecule has 0 unspecified atom stereocenters. The van der Waals surface area contributed by atoms with Gasteiger partial charge in [0.1, 0.15) is 17.3 Å². The molecule has 6 nitrogen and oxygen atoms in total. The van der Waals surface area contributed by atoms with Gasteiger partial charge >= 0.3 is 12.2 Å². The number of nitrogens with zero attached hydrogens (tertiary/aromatic N) is 3. The zero-order valence-corrected chi connectivity index (χ0v) is 20.0. The minimum Gasteiger partial charge on any atom is -0.454 e. The molecule has 1 saturated heterocycles. The molecular formula is C26H22ClF3N4O2. The highest BCUT2D eigenvalue weighted by molar-refractivity contribution is 6.30. The maximum absolute atomic E-state index is 13.3. The summed E-state index contributed by atoms with van der Waals surface area (Å²) in [6.07, 6.45) is -4.49. The zero-order valence-electron chi connectivity index (χ0n) is 19.2. The Morgan fingerprint density at radius 2 is 1.81 bits per heavy atom. The number of alkyl halides is 3. The lowest BCUT2D eigenvalue weighted by Crippen LogP contribution is -2.56. The molecule has 3 aromatic carbocycles. The molecule has 0 aliphatic carbocycles. The first-order valence-corrected chi connectivity index (χ1v) is 11.7. The number of carbonyl (C=O) groups excluding carboxylic acids is 1. The molecule has 0 radical (unpaired) electrons. The molecule has 0 saturated carbocycles. The minimum absolute atomic E-state index is 0.0429. The molecular weight excluding hydrogens is 493 g/mol. The fourth-order valence-corrected chi connectivity index (χ4v) is 4.44. The van der Waals surface area contributed by atoms with Gasteiger partial charge in [-0.3, -0.25) is 0 Å². The molecule has 1 atom stereocenters. The first-order chi connectivity index (χ1) is 17.2. The minimum atomic E-state index is -4.49. The van der Waals surface area contributed by atoms with Crippen molar-refractivity contribution in [2.24, 2.45) is 4.99 Å². The molecule has 1 fully saturated rings. The van der Waals surface area contributed by atoms with Crippen molar-refractivity contribution in [3.8, 4) is 11.5 Å². The summed E-state index contributed by atoms with van der Waals surface area (Å²) >= 11 is 5.92. The van der Waals surface area contributed by atoms with E-state index in [2.05, 4.69) is 5.32 Å². The summed E-state index contributed by atoms with van der Waals surface area (Å²) in [7, 11) is 0.